The van der Waals surface area contributed by atoms with Gasteiger partial charge in [0.25, 0.3) is 5.56 Å². The molecule has 0 radical (unpaired) electrons. The fraction of sp³-hybridized carbons (Fsp3) is 0.267. The molecule has 7 nitrogen and oxygen atoms in total. The zero-order valence-corrected chi connectivity index (χ0v) is 12.3. The summed E-state index contributed by atoms with van der Waals surface area (Å²) in [6.07, 6.45) is 0.00818. The normalized spacial score (nSPS) is 10.3. The number of hydrogen-bond acceptors (Lipinski definition) is 5. The molecule has 2 N–H and O–H groups in total. The number of nitrogens with zero attached hydrogens (tertiary/aromatic N) is 1. The van der Waals surface area contributed by atoms with Gasteiger partial charge >= 0.3 is 5.97 Å². The molecule has 0 saturated heterocycles. The first-order chi connectivity index (χ1) is 10.5. The van der Waals surface area contributed by atoms with Gasteiger partial charge in [-0.05, 0) is 30.7 Å². The number of aromatic amines is 1. The minimum Gasteiger partial charge on any atom is -0.497 e. The van der Waals surface area contributed by atoms with Gasteiger partial charge < -0.3 is 14.6 Å². The number of carboxylic acid groups (broad SMARTS) is 1. The van der Waals surface area contributed by atoms with E-state index in [1.807, 2.05) is 0 Å². The number of carboxylic acids is 1. The second kappa shape index (κ2) is 6.75. The average Bonchev–Trinajstić information content (AvgIpc) is 2.53. The van der Waals surface area contributed by atoms with Gasteiger partial charge in [0.1, 0.15) is 11.5 Å². The van der Waals surface area contributed by atoms with Gasteiger partial charge in [-0.15, -0.1) is 0 Å². The summed E-state index contributed by atoms with van der Waals surface area (Å²) in [6, 6.07) is 6.79. The van der Waals surface area contributed by atoms with Gasteiger partial charge in [-0.2, -0.15) is 5.10 Å². The van der Waals surface area contributed by atoms with Gasteiger partial charge in [0.05, 0.1) is 19.9 Å². The molecule has 1 heterocycles. The first-order valence-electron chi connectivity index (χ1n) is 6.58. The van der Waals surface area contributed by atoms with E-state index in [-0.39, 0.29) is 12.8 Å². The number of rotatable bonds is 6. The van der Waals surface area contributed by atoms with E-state index in [0.29, 0.717) is 28.3 Å². The fourth-order valence-electron chi connectivity index (χ4n) is 2.03. The topological polar surface area (TPSA) is 102 Å². The van der Waals surface area contributed by atoms with Crippen molar-refractivity contribution in [3.05, 3.63) is 40.2 Å². The summed E-state index contributed by atoms with van der Waals surface area (Å²) in [4.78, 5) is 22.4. The number of aliphatic carboxylic acids is 1. The number of benzene rings is 1. The number of aromatic nitrogens is 2. The van der Waals surface area contributed by atoms with Crippen LogP contribution in [0.1, 0.15) is 12.0 Å². The minimum absolute atomic E-state index is 0.123. The Morgan fingerprint density at radius 2 is 2.05 bits per heavy atom. The van der Waals surface area contributed by atoms with E-state index in [2.05, 4.69) is 10.2 Å². The quantitative estimate of drug-likeness (QED) is 0.838. The lowest BCUT2D eigenvalue weighted by Gasteiger charge is -2.10. The van der Waals surface area contributed by atoms with Gasteiger partial charge in [0, 0.05) is 17.5 Å². The molecule has 7 heteroatoms. The Balaban J connectivity index is 2.46. The van der Waals surface area contributed by atoms with E-state index >= 15 is 0 Å². The van der Waals surface area contributed by atoms with Crippen LogP contribution in [0, 0.1) is 0 Å². The molecule has 0 fully saturated rings. The van der Waals surface area contributed by atoms with Crippen molar-refractivity contribution < 1.29 is 19.4 Å². The van der Waals surface area contributed by atoms with Crippen LogP contribution in [-0.4, -0.2) is 35.5 Å². The van der Waals surface area contributed by atoms with Crippen LogP contribution < -0.4 is 15.0 Å². The van der Waals surface area contributed by atoms with Gasteiger partial charge in [-0.25, -0.2) is 5.10 Å². The number of nitrogens with one attached hydrogen (secondary N) is 1. The predicted octanol–water partition coefficient (Wildman–Crippen LogP) is 1.47. The zero-order valence-electron chi connectivity index (χ0n) is 12.3. The third kappa shape index (κ3) is 3.43. The number of hydrogen-bond donors (Lipinski definition) is 2. The summed E-state index contributed by atoms with van der Waals surface area (Å²) in [5.74, 6) is 0.233. The largest absolute Gasteiger partial charge is 0.497 e. The smallest absolute Gasteiger partial charge is 0.303 e. The predicted molar refractivity (Wildman–Crippen MR) is 79.4 cm³/mol. The van der Waals surface area contributed by atoms with Crippen molar-refractivity contribution in [1.82, 2.24) is 10.2 Å². The van der Waals surface area contributed by atoms with E-state index < -0.39 is 11.5 Å². The van der Waals surface area contributed by atoms with Gasteiger partial charge in [-0.1, -0.05) is 0 Å². The Morgan fingerprint density at radius 1 is 1.27 bits per heavy atom. The van der Waals surface area contributed by atoms with Crippen molar-refractivity contribution in [2.24, 2.45) is 0 Å². The SMILES string of the molecule is COc1ccc(OC)c(-c2cc(CCC(=O)O)c(=O)[nH]n2)c1. The maximum atomic E-state index is 11.7. The van der Waals surface area contributed by atoms with E-state index in [9.17, 15) is 9.59 Å². The van der Waals surface area contributed by atoms with E-state index in [4.69, 9.17) is 14.6 Å². The molecular weight excluding hydrogens is 288 g/mol. The standard InChI is InChI=1S/C15H16N2O5/c1-21-10-4-5-13(22-2)11(8-10)12-7-9(3-6-14(18)19)15(20)17-16-12/h4-5,7-8H,3,6H2,1-2H3,(H,17,20)(H,18,19). The Bertz CT molecular complexity index is 739. The molecule has 22 heavy (non-hydrogen) atoms. The zero-order chi connectivity index (χ0) is 16.1. The summed E-state index contributed by atoms with van der Waals surface area (Å²) in [7, 11) is 3.08. The van der Waals surface area contributed by atoms with Crippen LogP contribution in [0.15, 0.2) is 29.1 Å². The molecule has 0 amide bonds. The van der Waals surface area contributed by atoms with Crippen LogP contribution in [0.5, 0.6) is 11.5 Å². The van der Waals surface area contributed by atoms with Gasteiger partial charge in [0.15, 0.2) is 0 Å². The van der Waals surface area contributed by atoms with Crippen LogP contribution in [0.3, 0.4) is 0 Å². The molecule has 0 saturated carbocycles. The van der Waals surface area contributed by atoms with Crippen LogP contribution in [0.4, 0.5) is 0 Å². The van der Waals surface area contributed by atoms with Crippen LogP contribution in [0.25, 0.3) is 11.3 Å². The van der Waals surface area contributed by atoms with Gasteiger partial charge in [0.2, 0.25) is 0 Å². The second-order valence-electron chi connectivity index (χ2n) is 4.57. The summed E-state index contributed by atoms with van der Waals surface area (Å²) < 4.78 is 10.5. The average molecular weight is 304 g/mol. The van der Waals surface area contributed by atoms with E-state index in [0.717, 1.165) is 0 Å². The summed E-state index contributed by atoms with van der Waals surface area (Å²) in [6.45, 7) is 0. The first-order valence-corrected chi connectivity index (χ1v) is 6.58. The molecule has 1 aromatic carbocycles. The third-order valence-electron chi connectivity index (χ3n) is 3.17. The van der Waals surface area contributed by atoms with Crippen molar-refractivity contribution in [1.29, 1.82) is 0 Å². The molecule has 0 atom stereocenters. The Kier molecular flexibility index (Phi) is 4.77. The highest BCUT2D eigenvalue weighted by atomic mass is 16.5. The van der Waals surface area contributed by atoms with E-state index in [1.54, 1.807) is 31.4 Å². The molecule has 0 bridgehead atoms. The summed E-state index contributed by atoms with van der Waals surface area (Å²) in [5, 5.41) is 15.1. The molecule has 0 aliphatic rings. The van der Waals surface area contributed by atoms with E-state index in [1.165, 1.54) is 7.11 Å². The first kappa shape index (κ1) is 15.6. The van der Waals surface area contributed by atoms with Crippen molar-refractivity contribution >= 4 is 5.97 Å². The Labute approximate surface area is 126 Å². The van der Waals surface area contributed by atoms with Crippen LogP contribution >= 0.6 is 0 Å². The fourth-order valence-corrected chi connectivity index (χ4v) is 2.03. The van der Waals surface area contributed by atoms with Crippen LogP contribution in [0.2, 0.25) is 0 Å². The number of H-pyrrole nitrogens is 1. The molecule has 2 aromatic rings. The van der Waals surface area contributed by atoms with Crippen molar-refractivity contribution in [2.75, 3.05) is 14.2 Å². The molecule has 0 aliphatic heterocycles. The monoisotopic (exact) mass is 304 g/mol. The number of carbonyl (C=O) groups is 1. The molecule has 2 rings (SSSR count). The van der Waals surface area contributed by atoms with Crippen molar-refractivity contribution in [3.8, 4) is 22.8 Å². The Morgan fingerprint density at radius 3 is 2.68 bits per heavy atom. The van der Waals surface area contributed by atoms with Crippen LogP contribution in [-0.2, 0) is 11.2 Å². The number of methoxy groups -OCH3 is 2. The summed E-state index contributed by atoms with van der Waals surface area (Å²) in [5.41, 5.74) is 1.09. The summed E-state index contributed by atoms with van der Waals surface area (Å²) >= 11 is 0. The highest BCUT2D eigenvalue weighted by Crippen LogP contribution is 2.31. The highest BCUT2D eigenvalue weighted by molar-refractivity contribution is 5.70. The number of aryl methyl sites for hydroxylation is 1. The molecule has 0 unspecified atom stereocenters. The molecule has 1 aromatic heterocycles. The maximum absolute atomic E-state index is 11.7. The minimum atomic E-state index is -0.961. The molecule has 0 aliphatic carbocycles. The lowest BCUT2D eigenvalue weighted by atomic mass is 10.1. The lowest BCUT2D eigenvalue weighted by molar-refractivity contribution is -0.136. The van der Waals surface area contributed by atoms with Crippen molar-refractivity contribution in [2.45, 2.75) is 12.8 Å². The molecule has 116 valence electrons. The third-order valence-corrected chi connectivity index (χ3v) is 3.17. The lowest BCUT2D eigenvalue weighted by Crippen LogP contribution is -2.15. The second-order valence-corrected chi connectivity index (χ2v) is 4.57. The Hall–Kier alpha value is -2.83. The molecule has 0 spiro atoms. The highest BCUT2D eigenvalue weighted by Gasteiger charge is 2.12. The number of ether oxygens (including phenoxy) is 2. The van der Waals surface area contributed by atoms with Crippen molar-refractivity contribution in [3.63, 3.8) is 0 Å². The van der Waals surface area contributed by atoms with Gasteiger partial charge in [-0.3, -0.25) is 9.59 Å². The molecular formula is C15H16N2O5. The maximum Gasteiger partial charge on any atom is 0.303 e.